The van der Waals surface area contributed by atoms with Crippen LogP contribution in [0.2, 0.25) is 0 Å². The van der Waals surface area contributed by atoms with Gasteiger partial charge in [0.2, 0.25) is 5.16 Å². The molecular weight excluding hydrogens is 384 g/mol. The van der Waals surface area contributed by atoms with Crippen LogP contribution in [-0.2, 0) is 17.8 Å². The fourth-order valence-corrected chi connectivity index (χ4v) is 3.87. The van der Waals surface area contributed by atoms with Crippen molar-refractivity contribution < 1.29 is 9.90 Å². The number of aromatic nitrogens is 4. The Morgan fingerprint density at radius 1 is 1.17 bits per heavy atom. The smallest absolute Gasteiger partial charge is 0.342 e. The molecule has 0 aliphatic rings. The highest BCUT2D eigenvalue weighted by Crippen LogP contribution is 2.30. The average Bonchev–Trinajstić information content (AvgIpc) is 3.33. The van der Waals surface area contributed by atoms with Crippen LogP contribution in [0.4, 0.5) is 0 Å². The van der Waals surface area contributed by atoms with Crippen LogP contribution in [-0.4, -0.2) is 30.8 Å². The molecule has 6 nitrogen and oxygen atoms in total. The van der Waals surface area contributed by atoms with Gasteiger partial charge in [0.1, 0.15) is 10.7 Å². The first-order chi connectivity index (χ1) is 14.1. The number of nitrogens with zero attached hydrogens (tertiary/aromatic N) is 3. The summed E-state index contributed by atoms with van der Waals surface area (Å²) in [5, 5.41) is 18.0. The zero-order chi connectivity index (χ0) is 20.2. The maximum Gasteiger partial charge on any atom is 0.342 e. The van der Waals surface area contributed by atoms with E-state index in [0.717, 1.165) is 34.1 Å². The number of aryl methyl sites for hydroxylation is 1. The monoisotopic (exact) mass is 404 g/mol. The van der Waals surface area contributed by atoms with Gasteiger partial charge in [0.05, 0.1) is 0 Å². The number of H-pyrrole nitrogens is 1. The molecule has 7 heteroatoms. The van der Waals surface area contributed by atoms with Crippen molar-refractivity contribution >= 4 is 34.7 Å². The summed E-state index contributed by atoms with van der Waals surface area (Å²) in [4.78, 5) is 16.3. The van der Waals surface area contributed by atoms with Gasteiger partial charge in [-0.3, -0.25) is 5.10 Å². The maximum atomic E-state index is 11.9. The molecule has 0 saturated carbocycles. The lowest BCUT2D eigenvalue weighted by molar-refractivity contribution is -0.131. The lowest BCUT2D eigenvalue weighted by Crippen LogP contribution is -1.98. The van der Waals surface area contributed by atoms with E-state index in [1.54, 1.807) is 6.08 Å². The lowest BCUT2D eigenvalue weighted by atomic mass is 10.1. The van der Waals surface area contributed by atoms with Crippen LogP contribution in [0.3, 0.4) is 0 Å². The topological polar surface area (TPSA) is 83.8 Å². The number of aliphatic carboxylic acids is 1. The van der Waals surface area contributed by atoms with Gasteiger partial charge in [0, 0.05) is 35.6 Å². The van der Waals surface area contributed by atoms with E-state index >= 15 is 0 Å². The molecule has 0 spiro atoms. The van der Waals surface area contributed by atoms with E-state index in [1.807, 2.05) is 55.6 Å². The molecule has 4 aromatic rings. The molecule has 2 aromatic heterocycles. The number of hydrogen-bond acceptors (Lipinski definition) is 4. The number of para-hydroxylation sites is 1. The third kappa shape index (κ3) is 4.25. The summed E-state index contributed by atoms with van der Waals surface area (Å²) in [5.74, 6) is -0.269. The minimum atomic E-state index is -1.00. The number of carboxylic acids is 1. The van der Waals surface area contributed by atoms with E-state index in [4.69, 9.17) is 0 Å². The fraction of sp³-hybridized carbons (Fsp3) is 0.136. The summed E-state index contributed by atoms with van der Waals surface area (Å²) in [6.45, 7) is 2.68. The summed E-state index contributed by atoms with van der Waals surface area (Å²) in [6.07, 6.45) is 4.40. The molecule has 0 radical (unpaired) electrons. The molecule has 0 aliphatic carbocycles. The van der Waals surface area contributed by atoms with Gasteiger partial charge in [-0.05, 0) is 29.5 Å². The number of carboxylic acid groups (broad SMARTS) is 1. The zero-order valence-corrected chi connectivity index (χ0v) is 16.7. The second-order valence-electron chi connectivity index (χ2n) is 6.55. The van der Waals surface area contributed by atoms with E-state index in [0.29, 0.717) is 18.1 Å². The predicted octanol–water partition coefficient (Wildman–Crippen LogP) is 4.59. The summed E-state index contributed by atoms with van der Waals surface area (Å²) in [6, 6.07) is 18.2. The second-order valence-corrected chi connectivity index (χ2v) is 7.56. The van der Waals surface area contributed by atoms with Gasteiger partial charge in [0.15, 0.2) is 0 Å². The molecule has 0 saturated heterocycles. The Kier molecular flexibility index (Phi) is 5.48. The normalized spacial score (nSPS) is 11.8. The number of nitrogens with one attached hydrogen (secondary N) is 1. The highest BCUT2D eigenvalue weighted by molar-refractivity contribution is 8.04. The van der Waals surface area contributed by atoms with Crippen molar-refractivity contribution in [1.29, 1.82) is 0 Å². The number of thioether (sulfide) groups is 1. The van der Waals surface area contributed by atoms with Crippen molar-refractivity contribution in [2.75, 3.05) is 0 Å². The van der Waals surface area contributed by atoms with Crippen LogP contribution in [0.15, 0.2) is 70.9 Å². The van der Waals surface area contributed by atoms with E-state index in [9.17, 15) is 9.90 Å². The highest BCUT2D eigenvalue weighted by Gasteiger charge is 2.15. The summed E-state index contributed by atoms with van der Waals surface area (Å²) in [7, 11) is 0. The summed E-state index contributed by atoms with van der Waals surface area (Å²) >= 11 is 1.05. The van der Waals surface area contributed by atoms with Crippen LogP contribution < -0.4 is 0 Å². The van der Waals surface area contributed by atoms with Crippen molar-refractivity contribution in [3.8, 4) is 0 Å². The minimum Gasteiger partial charge on any atom is -0.477 e. The van der Waals surface area contributed by atoms with Gasteiger partial charge in [-0.1, -0.05) is 55.5 Å². The molecule has 0 amide bonds. The molecule has 4 rings (SSSR count). The van der Waals surface area contributed by atoms with E-state index in [2.05, 4.69) is 31.9 Å². The number of fused-ring (bicyclic) bond motifs is 1. The Bertz CT molecular complexity index is 1180. The molecule has 2 aromatic carbocycles. The number of benzene rings is 2. The third-order valence-corrected chi connectivity index (χ3v) is 5.44. The summed E-state index contributed by atoms with van der Waals surface area (Å²) in [5.41, 5.74) is 3.10. The quantitative estimate of drug-likeness (QED) is 0.348. The Morgan fingerprint density at radius 2 is 1.93 bits per heavy atom. The predicted molar refractivity (Wildman–Crippen MR) is 115 cm³/mol. The molecule has 2 N–H and O–H groups in total. The Hall–Kier alpha value is -3.32. The molecular formula is C22H20N4O2S. The Balaban J connectivity index is 1.72. The van der Waals surface area contributed by atoms with Gasteiger partial charge in [-0.2, -0.15) is 0 Å². The number of rotatable bonds is 7. The number of carbonyl (C=O) groups is 1. The molecule has 0 aliphatic heterocycles. The number of hydrogen-bond donors (Lipinski definition) is 2. The Morgan fingerprint density at radius 3 is 2.66 bits per heavy atom. The maximum absolute atomic E-state index is 11.9. The Labute approximate surface area is 172 Å². The van der Waals surface area contributed by atoms with Gasteiger partial charge in [-0.25, -0.2) is 9.78 Å². The lowest BCUT2D eigenvalue weighted by Gasteiger charge is -2.05. The zero-order valence-electron chi connectivity index (χ0n) is 15.9. The van der Waals surface area contributed by atoms with Gasteiger partial charge >= 0.3 is 5.97 Å². The SMILES string of the molecule is CCc1nc(S/C(=C\c2cn(Cc3ccccc3)c3ccccc23)C(=O)O)n[nH]1. The van der Waals surface area contributed by atoms with Crippen LogP contribution in [0.1, 0.15) is 23.9 Å². The highest BCUT2D eigenvalue weighted by atomic mass is 32.2. The first-order valence-electron chi connectivity index (χ1n) is 9.30. The largest absolute Gasteiger partial charge is 0.477 e. The van der Waals surface area contributed by atoms with Crippen molar-refractivity contribution in [1.82, 2.24) is 19.7 Å². The van der Waals surface area contributed by atoms with Crippen LogP contribution in [0.25, 0.3) is 17.0 Å². The molecule has 146 valence electrons. The van der Waals surface area contributed by atoms with Crippen molar-refractivity contribution in [2.45, 2.75) is 25.0 Å². The average molecular weight is 404 g/mol. The standard InChI is InChI=1S/C22H20N4O2S/c1-2-20-23-22(25-24-20)29-19(21(27)28)12-16-14-26(13-15-8-4-3-5-9-15)18-11-7-6-10-17(16)18/h3-12,14H,2,13H2,1H3,(H,27,28)(H,23,24,25)/b19-12-. The van der Waals surface area contributed by atoms with E-state index < -0.39 is 5.97 Å². The first-order valence-corrected chi connectivity index (χ1v) is 10.1. The van der Waals surface area contributed by atoms with Gasteiger partial charge < -0.3 is 9.67 Å². The molecule has 0 atom stereocenters. The number of aromatic amines is 1. The van der Waals surface area contributed by atoms with Crippen LogP contribution >= 0.6 is 11.8 Å². The summed E-state index contributed by atoms with van der Waals surface area (Å²) < 4.78 is 2.14. The van der Waals surface area contributed by atoms with Gasteiger partial charge in [0.25, 0.3) is 0 Å². The van der Waals surface area contributed by atoms with E-state index in [-0.39, 0.29) is 4.91 Å². The molecule has 29 heavy (non-hydrogen) atoms. The molecule has 0 unspecified atom stereocenters. The van der Waals surface area contributed by atoms with E-state index in [1.165, 1.54) is 5.56 Å². The second kappa shape index (κ2) is 8.36. The fourth-order valence-electron chi connectivity index (χ4n) is 3.16. The van der Waals surface area contributed by atoms with Crippen LogP contribution in [0, 0.1) is 0 Å². The molecule has 0 bridgehead atoms. The van der Waals surface area contributed by atoms with Crippen molar-refractivity contribution in [2.24, 2.45) is 0 Å². The van der Waals surface area contributed by atoms with Crippen molar-refractivity contribution in [3.05, 3.63) is 82.7 Å². The molecule has 2 heterocycles. The third-order valence-electron chi connectivity index (χ3n) is 4.56. The molecule has 0 fully saturated rings. The van der Waals surface area contributed by atoms with Crippen LogP contribution in [0.5, 0.6) is 0 Å². The van der Waals surface area contributed by atoms with Crippen molar-refractivity contribution in [3.63, 3.8) is 0 Å². The van der Waals surface area contributed by atoms with Gasteiger partial charge in [-0.15, -0.1) is 5.10 Å². The minimum absolute atomic E-state index is 0.175. The first kappa shape index (κ1) is 19.0.